The van der Waals surface area contributed by atoms with Crippen LogP contribution in [0.4, 0.5) is 0 Å². The van der Waals surface area contributed by atoms with Crippen molar-refractivity contribution in [2.45, 2.75) is 56.8 Å². The molecule has 2 heterocycles. The summed E-state index contributed by atoms with van der Waals surface area (Å²) in [4.78, 5) is 15.4. The van der Waals surface area contributed by atoms with Crippen molar-refractivity contribution in [1.82, 2.24) is 4.90 Å². The summed E-state index contributed by atoms with van der Waals surface area (Å²) in [7, 11) is 1.75. The lowest BCUT2D eigenvalue weighted by Gasteiger charge is -2.40. The highest BCUT2D eigenvalue weighted by molar-refractivity contribution is 5.79. The Morgan fingerprint density at radius 1 is 1.23 bits per heavy atom. The second kappa shape index (κ2) is 7.57. The Bertz CT molecular complexity index is 641. The summed E-state index contributed by atoms with van der Waals surface area (Å²) in [5.74, 6) is 1.25. The van der Waals surface area contributed by atoms with Gasteiger partial charge in [-0.25, -0.2) is 0 Å². The Kier molecular flexibility index (Phi) is 5.18. The number of ether oxygens (including phenoxy) is 3. The fourth-order valence-corrected chi connectivity index (χ4v) is 4.61. The monoisotopic (exact) mass is 359 g/mol. The summed E-state index contributed by atoms with van der Waals surface area (Å²) >= 11 is 0. The van der Waals surface area contributed by atoms with Gasteiger partial charge in [-0.3, -0.25) is 4.79 Å². The highest BCUT2D eigenvalue weighted by Crippen LogP contribution is 2.36. The van der Waals surface area contributed by atoms with E-state index in [2.05, 4.69) is 6.07 Å². The van der Waals surface area contributed by atoms with Gasteiger partial charge in [-0.05, 0) is 25.3 Å². The van der Waals surface area contributed by atoms with E-state index in [0.29, 0.717) is 26.3 Å². The van der Waals surface area contributed by atoms with E-state index in [1.807, 2.05) is 23.1 Å². The minimum absolute atomic E-state index is 0.0656. The van der Waals surface area contributed by atoms with Crippen LogP contribution in [-0.4, -0.2) is 49.4 Å². The predicted molar refractivity (Wildman–Crippen MR) is 98.0 cm³/mol. The molecule has 1 amide bonds. The molecular formula is C21H29NO4. The Morgan fingerprint density at radius 2 is 2.04 bits per heavy atom. The third-order valence-corrected chi connectivity index (χ3v) is 6.16. The minimum atomic E-state index is -0.324. The van der Waals surface area contributed by atoms with E-state index in [1.165, 1.54) is 0 Å². The van der Waals surface area contributed by atoms with Gasteiger partial charge in [-0.15, -0.1) is 0 Å². The lowest BCUT2D eigenvalue weighted by atomic mass is 9.85. The molecule has 0 unspecified atom stereocenters. The molecule has 142 valence electrons. The van der Waals surface area contributed by atoms with Crippen LogP contribution < -0.4 is 4.74 Å². The molecule has 0 aromatic heterocycles. The van der Waals surface area contributed by atoms with Crippen LogP contribution >= 0.6 is 0 Å². The van der Waals surface area contributed by atoms with Crippen LogP contribution in [0.2, 0.25) is 0 Å². The summed E-state index contributed by atoms with van der Waals surface area (Å²) in [6, 6.07) is 8.14. The average molecular weight is 359 g/mol. The van der Waals surface area contributed by atoms with Gasteiger partial charge >= 0.3 is 0 Å². The van der Waals surface area contributed by atoms with E-state index in [0.717, 1.165) is 49.8 Å². The summed E-state index contributed by atoms with van der Waals surface area (Å²) in [6.45, 7) is 2.67. The number of carbonyl (C=O) groups excluding carboxylic acids is 1. The van der Waals surface area contributed by atoms with Crippen molar-refractivity contribution in [3.63, 3.8) is 0 Å². The molecule has 26 heavy (non-hydrogen) atoms. The van der Waals surface area contributed by atoms with Gasteiger partial charge in [0.25, 0.3) is 0 Å². The smallest absolute Gasteiger partial charge is 0.226 e. The largest absolute Gasteiger partial charge is 0.485 e. The molecule has 5 nitrogen and oxygen atoms in total. The molecule has 1 aromatic carbocycles. The summed E-state index contributed by atoms with van der Waals surface area (Å²) in [6.07, 6.45) is 5.80. The number of hydrogen-bond donors (Lipinski definition) is 0. The zero-order chi connectivity index (χ0) is 18.0. The molecule has 1 saturated heterocycles. The van der Waals surface area contributed by atoms with Crippen molar-refractivity contribution in [3.8, 4) is 5.75 Å². The van der Waals surface area contributed by atoms with E-state index in [-0.39, 0.29) is 23.5 Å². The Hall–Kier alpha value is -1.59. The van der Waals surface area contributed by atoms with Crippen LogP contribution in [0.3, 0.4) is 0 Å². The molecule has 2 fully saturated rings. The predicted octanol–water partition coefficient (Wildman–Crippen LogP) is 3.16. The third kappa shape index (κ3) is 3.60. The number of benzene rings is 1. The number of amides is 1. The van der Waals surface area contributed by atoms with Crippen molar-refractivity contribution >= 4 is 5.91 Å². The van der Waals surface area contributed by atoms with Crippen LogP contribution in [0.25, 0.3) is 0 Å². The van der Waals surface area contributed by atoms with E-state index in [1.54, 1.807) is 7.11 Å². The number of hydrogen-bond acceptors (Lipinski definition) is 4. The zero-order valence-corrected chi connectivity index (χ0v) is 15.6. The molecule has 4 rings (SSSR count). The fourth-order valence-electron chi connectivity index (χ4n) is 4.61. The van der Waals surface area contributed by atoms with Crippen LogP contribution in [0.5, 0.6) is 5.75 Å². The molecule has 5 heteroatoms. The number of rotatable bonds is 2. The number of nitrogens with zero attached hydrogens (tertiary/aromatic N) is 1. The maximum absolute atomic E-state index is 13.4. The molecule has 0 radical (unpaired) electrons. The molecular weight excluding hydrogens is 330 g/mol. The van der Waals surface area contributed by atoms with Crippen LogP contribution in [0.1, 0.15) is 44.1 Å². The van der Waals surface area contributed by atoms with Gasteiger partial charge in [0.15, 0.2) is 0 Å². The molecule has 0 bridgehead atoms. The summed E-state index contributed by atoms with van der Waals surface area (Å²) in [5.41, 5.74) is 0.777. The second-order valence-electron chi connectivity index (χ2n) is 7.92. The van der Waals surface area contributed by atoms with Crippen molar-refractivity contribution in [2.24, 2.45) is 5.92 Å². The molecule has 1 spiro atoms. The van der Waals surface area contributed by atoms with Gasteiger partial charge in [0.2, 0.25) is 5.91 Å². The first-order valence-electron chi connectivity index (χ1n) is 9.85. The first-order chi connectivity index (χ1) is 12.7. The zero-order valence-electron chi connectivity index (χ0n) is 15.6. The van der Waals surface area contributed by atoms with Gasteiger partial charge in [-0.2, -0.15) is 0 Å². The van der Waals surface area contributed by atoms with E-state index in [9.17, 15) is 4.79 Å². The Morgan fingerprint density at radius 3 is 2.85 bits per heavy atom. The van der Waals surface area contributed by atoms with Crippen molar-refractivity contribution in [3.05, 3.63) is 29.8 Å². The SMILES string of the molecule is CO[C@@H]1CCC[C@@H](C(=O)N2Cc3ccccc3OC3(CCOCC3)C2)C1. The lowest BCUT2D eigenvalue weighted by molar-refractivity contribution is -0.143. The van der Waals surface area contributed by atoms with Gasteiger partial charge in [-0.1, -0.05) is 24.6 Å². The van der Waals surface area contributed by atoms with Crippen LogP contribution in [0, 0.1) is 5.92 Å². The third-order valence-electron chi connectivity index (χ3n) is 6.16. The van der Waals surface area contributed by atoms with Crippen LogP contribution in [0.15, 0.2) is 24.3 Å². The van der Waals surface area contributed by atoms with E-state index in [4.69, 9.17) is 14.2 Å². The maximum Gasteiger partial charge on any atom is 0.226 e. The molecule has 2 aliphatic heterocycles. The van der Waals surface area contributed by atoms with Crippen molar-refractivity contribution < 1.29 is 19.0 Å². The van der Waals surface area contributed by atoms with Gasteiger partial charge < -0.3 is 19.1 Å². The van der Waals surface area contributed by atoms with Gasteiger partial charge in [0.05, 0.1) is 25.9 Å². The Balaban J connectivity index is 1.59. The van der Waals surface area contributed by atoms with Gasteiger partial charge in [0, 0.05) is 38.0 Å². The maximum atomic E-state index is 13.4. The van der Waals surface area contributed by atoms with Crippen molar-refractivity contribution in [2.75, 3.05) is 26.9 Å². The summed E-state index contributed by atoms with van der Waals surface area (Å²) in [5, 5.41) is 0. The molecule has 0 N–H and O–H groups in total. The van der Waals surface area contributed by atoms with Crippen LogP contribution in [-0.2, 0) is 20.8 Å². The summed E-state index contributed by atoms with van der Waals surface area (Å²) < 4.78 is 17.6. The average Bonchev–Trinajstić information content (AvgIpc) is 2.84. The highest BCUT2D eigenvalue weighted by Gasteiger charge is 2.42. The lowest BCUT2D eigenvalue weighted by Crippen LogP contribution is -2.52. The molecule has 2 atom stereocenters. The van der Waals surface area contributed by atoms with Gasteiger partial charge in [0.1, 0.15) is 11.4 Å². The number of methoxy groups -OCH3 is 1. The number of para-hydroxylation sites is 1. The molecule has 3 aliphatic rings. The molecule has 1 aromatic rings. The van der Waals surface area contributed by atoms with Crippen molar-refractivity contribution in [1.29, 1.82) is 0 Å². The highest BCUT2D eigenvalue weighted by atomic mass is 16.5. The van der Waals surface area contributed by atoms with E-state index >= 15 is 0 Å². The second-order valence-corrected chi connectivity index (χ2v) is 7.92. The standard InChI is InChI=1S/C21H29NO4/c1-24-18-7-4-6-16(13-18)20(23)22-14-17-5-2-3-8-19(17)26-21(15-22)9-11-25-12-10-21/h2-3,5,8,16,18H,4,6-7,9-15H2,1H3/t16-,18-/m1/s1. The Labute approximate surface area is 155 Å². The first-order valence-corrected chi connectivity index (χ1v) is 9.85. The first kappa shape index (κ1) is 17.8. The quantitative estimate of drug-likeness (QED) is 0.814. The number of fused-ring (bicyclic) bond motifs is 1. The molecule has 1 aliphatic carbocycles. The number of carbonyl (C=O) groups is 1. The minimum Gasteiger partial charge on any atom is -0.485 e. The van der Waals surface area contributed by atoms with E-state index < -0.39 is 0 Å². The normalized spacial score (nSPS) is 28.1. The molecule has 1 saturated carbocycles. The fraction of sp³-hybridized carbons (Fsp3) is 0.667. The topological polar surface area (TPSA) is 48.0 Å².